The third-order valence-corrected chi connectivity index (χ3v) is 3.11. The Morgan fingerprint density at radius 1 is 1.41 bits per heavy atom. The molecule has 0 spiro atoms. The predicted molar refractivity (Wildman–Crippen MR) is 67.7 cm³/mol. The van der Waals surface area contributed by atoms with Gasteiger partial charge in [-0.1, -0.05) is 13.8 Å². The number of ether oxygens (including phenoxy) is 1. The van der Waals surface area contributed by atoms with Crippen LogP contribution in [-0.2, 0) is 10.0 Å². The Labute approximate surface area is 102 Å². The molecule has 0 amide bonds. The highest BCUT2D eigenvalue weighted by Crippen LogP contribution is 2.27. The summed E-state index contributed by atoms with van der Waals surface area (Å²) in [6.07, 6.45) is 0. The first-order valence-corrected chi connectivity index (χ1v) is 6.84. The van der Waals surface area contributed by atoms with E-state index in [1.54, 1.807) is 6.07 Å². The minimum Gasteiger partial charge on any atom is -0.495 e. The molecule has 0 atom stereocenters. The first-order valence-electron chi connectivity index (χ1n) is 5.29. The minimum absolute atomic E-state index is 0.0737. The Bertz CT molecular complexity index is 483. The summed E-state index contributed by atoms with van der Waals surface area (Å²) in [6, 6.07) is 4.49. The van der Waals surface area contributed by atoms with Crippen LogP contribution in [0.4, 0.5) is 5.69 Å². The van der Waals surface area contributed by atoms with Crippen LogP contribution >= 0.6 is 0 Å². The highest BCUT2D eigenvalue weighted by molar-refractivity contribution is 7.89. The molecule has 17 heavy (non-hydrogen) atoms. The zero-order valence-electron chi connectivity index (χ0n) is 10.2. The molecular formula is C11H18N2O3S. The molecular weight excluding hydrogens is 240 g/mol. The van der Waals surface area contributed by atoms with Crippen molar-refractivity contribution < 1.29 is 13.2 Å². The quantitative estimate of drug-likeness (QED) is 0.836. The molecule has 0 saturated heterocycles. The summed E-state index contributed by atoms with van der Waals surface area (Å²) < 4.78 is 27.6. The molecule has 0 aliphatic rings. The van der Waals surface area contributed by atoms with E-state index in [2.05, 4.69) is 19.2 Å². The topological polar surface area (TPSA) is 81.4 Å². The van der Waals surface area contributed by atoms with Gasteiger partial charge in [0.15, 0.2) is 0 Å². The predicted octanol–water partition coefficient (Wildman–Crippen LogP) is 1.41. The van der Waals surface area contributed by atoms with Crippen molar-refractivity contribution in [3.05, 3.63) is 18.2 Å². The summed E-state index contributed by atoms with van der Waals surface area (Å²) in [5.74, 6) is 1.04. The van der Waals surface area contributed by atoms with Gasteiger partial charge in [0.25, 0.3) is 0 Å². The molecule has 0 aliphatic heterocycles. The Hall–Kier alpha value is -1.27. The van der Waals surface area contributed by atoms with Gasteiger partial charge >= 0.3 is 0 Å². The van der Waals surface area contributed by atoms with E-state index < -0.39 is 10.0 Å². The third-order valence-electron chi connectivity index (χ3n) is 2.20. The summed E-state index contributed by atoms with van der Waals surface area (Å²) in [7, 11) is -2.15. The highest BCUT2D eigenvalue weighted by Gasteiger charge is 2.11. The van der Waals surface area contributed by atoms with E-state index in [0.717, 1.165) is 6.54 Å². The van der Waals surface area contributed by atoms with Crippen LogP contribution in [0, 0.1) is 5.92 Å². The van der Waals surface area contributed by atoms with Crippen molar-refractivity contribution in [2.75, 3.05) is 19.0 Å². The zero-order chi connectivity index (χ0) is 13.1. The smallest absolute Gasteiger partial charge is 0.238 e. The number of hydrogen-bond donors (Lipinski definition) is 2. The molecule has 0 radical (unpaired) electrons. The fraction of sp³-hybridized carbons (Fsp3) is 0.455. The maximum atomic E-state index is 11.2. The SMILES string of the molecule is COc1ccc(S(N)(=O)=O)cc1NCC(C)C. The number of anilines is 1. The maximum absolute atomic E-state index is 11.2. The van der Waals surface area contributed by atoms with Crippen molar-refractivity contribution in [1.82, 2.24) is 0 Å². The number of nitrogens with one attached hydrogen (secondary N) is 1. The molecule has 1 rings (SSSR count). The molecule has 6 heteroatoms. The van der Waals surface area contributed by atoms with Gasteiger partial charge in [-0.15, -0.1) is 0 Å². The number of nitrogens with two attached hydrogens (primary N) is 1. The highest BCUT2D eigenvalue weighted by atomic mass is 32.2. The van der Waals surface area contributed by atoms with Gasteiger partial charge in [-0.2, -0.15) is 0 Å². The van der Waals surface area contributed by atoms with Crippen molar-refractivity contribution in [2.24, 2.45) is 11.1 Å². The summed E-state index contributed by atoms with van der Waals surface area (Å²) in [5.41, 5.74) is 0.632. The van der Waals surface area contributed by atoms with E-state index in [1.807, 2.05) is 0 Å². The van der Waals surface area contributed by atoms with Gasteiger partial charge in [-0.05, 0) is 24.1 Å². The zero-order valence-corrected chi connectivity index (χ0v) is 11.0. The fourth-order valence-electron chi connectivity index (χ4n) is 1.32. The summed E-state index contributed by atoms with van der Waals surface area (Å²) >= 11 is 0. The van der Waals surface area contributed by atoms with Crippen LogP contribution in [0.1, 0.15) is 13.8 Å². The Morgan fingerprint density at radius 3 is 2.53 bits per heavy atom. The van der Waals surface area contributed by atoms with E-state index in [-0.39, 0.29) is 4.90 Å². The average Bonchev–Trinajstić information content (AvgIpc) is 2.24. The molecule has 0 bridgehead atoms. The second kappa shape index (κ2) is 5.37. The Balaban J connectivity index is 3.07. The fourth-order valence-corrected chi connectivity index (χ4v) is 1.86. The number of primary sulfonamides is 1. The van der Waals surface area contributed by atoms with E-state index in [0.29, 0.717) is 17.4 Å². The third kappa shape index (κ3) is 3.90. The normalized spacial score (nSPS) is 11.6. The number of rotatable bonds is 5. The van der Waals surface area contributed by atoms with Gasteiger partial charge in [0.1, 0.15) is 5.75 Å². The van der Waals surface area contributed by atoms with Gasteiger partial charge in [0.2, 0.25) is 10.0 Å². The molecule has 96 valence electrons. The molecule has 0 fully saturated rings. The molecule has 0 aromatic heterocycles. The standard InChI is InChI=1S/C11H18N2O3S/c1-8(2)7-13-10-6-9(17(12,14)15)4-5-11(10)16-3/h4-6,8,13H,7H2,1-3H3,(H2,12,14,15). The largest absolute Gasteiger partial charge is 0.495 e. The van der Waals surface area contributed by atoms with Crippen LogP contribution < -0.4 is 15.2 Å². The second-order valence-corrected chi connectivity index (χ2v) is 5.74. The maximum Gasteiger partial charge on any atom is 0.238 e. The average molecular weight is 258 g/mol. The molecule has 0 heterocycles. The molecule has 0 aliphatic carbocycles. The molecule has 0 unspecified atom stereocenters. The molecule has 5 nitrogen and oxygen atoms in total. The molecule has 1 aromatic carbocycles. The summed E-state index contributed by atoms with van der Waals surface area (Å²) in [4.78, 5) is 0.0737. The van der Waals surface area contributed by atoms with Crippen LogP contribution in [0.25, 0.3) is 0 Å². The van der Waals surface area contributed by atoms with Crippen molar-refractivity contribution in [1.29, 1.82) is 0 Å². The van der Waals surface area contributed by atoms with E-state index in [1.165, 1.54) is 19.2 Å². The second-order valence-electron chi connectivity index (χ2n) is 4.18. The lowest BCUT2D eigenvalue weighted by Crippen LogP contribution is -2.14. The monoisotopic (exact) mass is 258 g/mol. The Morgan fingerprint density at radius 2 is 2.06 bits per heavy atom. The van der Waals surface area contributed by atoms with Gasteiger partial charge in [-0.3, -0.25) is 0 Å². The van der Waals surface area contributed by atoms with Crippen LogP contribution in [-0.4, -0.2) is 22.1 Å². The lowest BCUT2D eigenvalue weighted by atomic mass is 10.2. The van der Waals surface area contributed by atoms with Crippen LogP contribution in [0.3, 0.4) is 0 Å². The van der Waals surface area contributed by atoms with Crippen LogP contribution in [0.5, 0.6) is 5.75 Å². The van der Waals surface area contributed by atoms with Crippen molar-refractivity contribution in [3.8, 4) is 5.75 Å². The van der Waals surface area contributed by atoms with Crippen molar-refractivity contribution in [2.45, 2.75) is 18.7 Å². The lowest BCUT2D eigenvalue weighted by molar-refractivity contribution is 0.416. The lowest BCUT2D eigenvalue weighted by Gasteiger charge is -2.13. The van der Waals surface area contributed by atoms with Gasteiger partial charge in [-0.25, -0.2) is 13.6 Å². The first-order chi connectivity index (χ1) is 7.84. The molecule has 0 saturated carbocycles. The van der Waals surface area contributed by atoms with Crippen LogP contribution in [0.2, 0.25) is 0 Å². The Kier molecular flexibility index (Phi) is 4.36. The van der Waals surface area contributed by atoms with Crippen molar-refractivity contribution in [3.63, 3.8) is 0 Å². The van der Waals surface area contributed by atoms with Gasteiger partial charge in [0, 0.05) is 6.54 Å². The minimum atomic E-state index is -3.68. The van der Waals surface area contributed by atoms with E-state index >= 15 is 0 Å². The van der Waals surface area contributed by atoms with E-state index in [9.17, 15) is 8.42 Å². The first kappa shape index (κ1) is 13.8. The van der Waals surface area contributed by atoms with Crippen molar-refractivity contribution >= 4 is 15.7 Å². The van der Waals surface area contributed by atoms with Gasteiger partial charge < -0.3 is 10.1 Å². The summed E-state index contributed by atoms with van der Waals surface area (Å²) in [5, 5.41) is 8.21. The molecule has 3 N–H and O–H groups in total. The number of methoxy groups -OCH3 is 1. The van der Waals surface area contributed by atoms with E-state index in [4.69, 9.17) is 9.88 Å². The number of benzene rings is 1. The van der Waals surface area contributed by atoms with Crippen LogP contribution in [0.15, 0.2) is 23.1 Å². The number of hydrogen-bond acceptors (Lipinski definition) is 4. The molecule has 1 aromatic rings. The number of sulfonamides is 1. The van der Waals surface area contributed by atoms with Gasteiger partial charge in [0.05, 0.1) is 17.7 Å². The summed E-state index contributed by atoms with van der Waals surface area (Å²) in [6.45, 7) is 4.84.